The molecule has 0 unspecified atom stereocenters. The summed E-state index contributed by atoms with van der Waals surface area (Å²) >= 11 is 0. The topological polar surface area (TPSA) is 21.1 Å². The van der Waals surface area contributed by atoms with Crippen LogP contribution in [0, 0.1) is 0 Å². The summed E-state index contributed by atoms with van der Waals surface area (Å²) in [5.74, 6) is 0. The summed E-state index contributed by atoms with van der Waals surface area (Å²) in [5.41, 5.74) is 12.9. The van der Waals surface area contributed by atoms with Gasteiger partial charge in [-0.25, -0.2) is 0 Å². The summed E-state index contributed by atoms with van der Waals surface area (Å²) in [7, 11) is 2.15. The van der Waals surface area contributed by atoms with Gasteiger partial charge in [0, 0.05) is 46.6 Å². The monoisotopic (exact) mass is 577 g/mol. The van der Waals surface area contributed by atoms with E-state index in [1.165, 1.54) is 49.7 Å². The second kappa shape index (κ2) is 11.3. The molecule has 2 heterocycles. The van der Waals surface area contributed by atoms with E-state index in [0.717, 1.165) is 22.6 Å². The third kappa shape index (κ3) is 4.75. The second-order valence-electron chi connectivity index (χ2n) is 11.3. The molecule has 3 heteroatoms. The lowest BCUT2D eigenvalue weighted by atomic mass is 9.92. The highest BCUT2D eigenvalue weighted by Crippen LogP contribution is 2.41. The smallest absolute Gasteiger partial charge is 0.0724 e. The van der Waals surface area contributed by atoms with Crippen LogP contribution in [0.25, 0.3) is 60.9 Å². The molecule has 8 aromatic rings. The maximum Gasteiger partial charge on any atom is 0.0724 e. The fourth-order valence-electron chi connectivity index (χ4n) is 6.50. The van der Waals surface area contributed by atoms with Crippen molar-refractivity contribution in [2.24, 2.45) is 0 Å². The number of fused-ring (bicyclic) bond motifs is 3. The molecule has 0 aliphatic rings. The number of hydrogen-bond donors (Lipinski definition) is 0. The van der Waals surface area contributed by atoms with Crippen molar-refractivity contribution < 1.29 is 0 Å². The average molecular weight is 578 g/mol. The van der Waals surface area contributed by atoms with E-state index in [2.05, 4.69) is 179 Å². The van der Waals surface area contributed by atoms with Crippen LogP contribution >= 0.6 is 0 Å². The van der Waals surface area contributed by atoms with Gasteiger partial charge in [-0.1, -0.05) is 109 Å². The van der Waals surface area contributed by atoms with Crippen molar-refractivity contribution in [2.75, 3.05) is 11.9 Å². The molecule has 2 aromatic heterocycles. The number of para-hydroxylation sites is 2. The van der Waals surface area contributed by atoms with E-state index >= 15 is 0 Å². The third-order valence-corrected chi connectivity index (χ3v) is 8.74. The van der Waals surface area contributed by atoms with Crippen molar-refractivity contribution in [3.63, 3.8) is 0 Å². The Morgan fingerprint density at radius 3 is 1.89 bits per heavy atom. The van der Waals surface area contributed by atoms with E-state index in [1.807, 2.05) is 12.4 Å². The minimum absolute atomic E-state index is 1.11. The Bertz CT molecular complexity index is 2270. The predicted molar refractivity (Wildman–Crippen MR) is 189 cm³/mol. The lowest BCUT2D eigenvalue weighted by molar-refractivity contribution is 1.17. The molecule has 3 nitrogen and oxygen atoms in total. The Kier molecular flexibility index (Phi) is 6.69. The molecule has 0 bridgehead atoms. The Balaban J connectivity index is 1.22. The van der Waals surface area contributed by atoms with Gasteiger partial charge in [0.25, 0.3) is 0 Å². The van der Waals surface area contributed by atoms with Gasteiger partial charge in [-0.05, 0) is 76.3 Å². The van der Waals surface area contributed by atoms with Crippen LogP contribution in [-0.2, 0) is 0 Å². The van der Waals surface area contributed by atoms with Crippen LogP contribution < -0.4 is 4.90 Å². The largest absolute Gasteiger partial charge is 0.344 e. The summed E-state index contributed by atoms with van der Waals surface area (Å²) in [6, 6.07) is 56.3. The molecule has 0 radical (unpaired) electrons. The summed E-state index contributed by atoms with van der Waals surface area (Å²) in [4.78, 5) is 6.76. The zero-order chi connectivity index (χ0) is 30.2. The first kappa shape index (κ1) is 26.7. The molecule has 0 aliphatic heterocycles. The van der Waals surface area contributed by atoms with Gasteiger partial charge in [0.1, 0.15) is 0 Å². The van der Waals surface area contributed by atoms with E-state index < -0.39 is 0 Å². The van der Waals surface area contributed by atoms with Gasteiger partial charge in [-0.2, -0.15) is 0 Å². The molecule has 0 saturated carbocycles. The molecule has 0 atom stereocenters. The number of nitrogens with zero attached hydrogens (tertiary/aromatic N) is 3. The fourth-order valence-corrected chi connectivity index (χ4v) is 6.50. The fraction of sp³-hybridized carbons (Fsp3) is 0.0238. The van der Waals surface area contributed by atoms with Crippen molar-refractivity contribution >= 4 is 33.2 Å². The normalized spacial score (nSPS) is 11.2. The van der Waals surface area contributed by atoms with E-state index in [0.29, 0.717) is 0 Å². The van der Waals surface area contributed by atoms with Gasteiger partial charge >= 0.3 is 0 Å². The molecule has 0 spiro atoms. The molecule has 0 saturated heterocycles. The molecular formula is C42H31N3. The van der Waals surface area contributed by atoms with Gasteiger partial charge in [-0.15, -0.1) is 0 Å². The summed E-state index contributed by atoms with van der Waals surface area (Å²) in [5, 5.41) is 2.41. The van der Waals surface area contributed by atoms with Gasteiger partial charge in [0.15, 0.2) is 0 Å². The van der Waals surface area contributed by atoms with Crippen LogP contribution in [0.1, 0.15) is 0 Å². The van der Waals surface area contributed by atoms with Crippen molar-refractivity contribution in [2.45, 2.75) is 0 Å². The van der Waals surface area contributed by atoms with Crippen LogP contribution in [0.4, 0.5) is 11.4 Å². The van der Waals surface area contributed by atoms with Crippen LogP contribution in [-0.4, -0.2) is 16.6 Å². The molecule has 6 aromatic carbocycles. The molecule has 214 valence electrons. The number of hydrogen-bond acceptors (Lipinski definition) is 2. The van der Waals surface area contributed by atoms with E-state index in [4.69, 9.17) is 0 Å². The van der Waals surface area contributed by atoms with Crippen LogP contribution in [0.2, 0.25) is 0 Å². The van der Waals surface area contributed by atoms with Gasteiger partial charge in [-0.3, -0.25) is 4.98 Å². The molecule has 8 rings (SSSR count). The molecule has 0 N–H and O–H groups in total. The van der Waals surface area contributed by atoms with E-state index in [1.54, 1.807) is 0 Å². The van der Waals surface area contributed by atoms with Gasteiger partial charge in [0.2, 0.25) is 0 Å². The molecule has 45 heavy (non-hydrogen) atoms. The van der Waals surface area contributed by atoms with Crippen molar-refractivity contribution in [3.05, 3.63) is 170 Å². The summed E-state index contributed by atoms with van der Waals surface area (Å²) in [6.45, 7) is 0. The quantitative estimate of drug-likeness (QED) is 0.196. The van der Waals surface area contributed by atoms with E-state index in [-0.39, 0.29) is 0 Å². The number of benzene rings is 6. The third-order valence-electron chi connectivity index (χ3n) is 8.74. The number of rotatable bonds is 6. The number of anilines is 2. The molecule has 0 fully saturated rings. The highest BCUT2D eigenvalue weighted by atomic mass is 15.1. The maximum atomic E-state index is 4.47. The highest BCUT2D eigenvalue weighted by Gasteiger charge is 2.17. The SMILES string of the molecule is CN(c1ccc(-c2ccccc2)cc1)c1ccccc1-c1ccccc1-c1ccc2c(c1)c1ccncc1n2-c1ccccc1. The Morgan fingerprint density at radius 1 is 0.489 bits per heavy atom. The van der Waals surface area contributed by atoms with Crippen molar-refractivity contribution in [1.82, 2.24) is 9.55 Å². The van der Waals surface area contributed by atoms with Crippen LogP contribution in [0.5, 0.6) is 0 Å². The Morgan fingerprint density at radius 2 is 1.11 bits per heavy atom. The first-order valence-corrected chi connectivity index (χ1v) is 15.3. The number of pyridine rings is 1. The zero-order valence-electron chi connectivity index (χ0n) is 25.0. The second-order valence-corrected chi connectivity index (χ2v) is 11.3. The lowest BCUT2D eigenvalue weighted by Crippen LogP contribution is -2.10. The minimum Gasteiger partial charge on any atom is -0.344 e. The predicted octanol–water partition coefficient (Wildman–Crippen LogP) is 10.9. The minimum atomic E-state index is 1.11. The van der Waals surface area contributed by atoms with Crippen LogP contribution in [0.3, 0.4) is 0 Å². The molecular weight excluding hydrogens is 546 g/mol. The van der Waals surface area contributed by atoms with Gasteiger partial charge < -0.3 is 9.47 Å². The van der Waals surface area contributed by atoms with E-state index in [9.17, 15) is 0 Å². The summed E-state index contributed by atoms with van der Waals surface area (Å²) < 4.78 is 2.31. The Labute approximate surface area is 263 Å². The molecule has 0 amide bonds. The average Bonchev–Trinajstić information content (AvgIpc) is 3.46. The molecule has 0 aliphatic carbocycles. The summed E-state index contributed by atoms with van der Waals surface area (Å²) in [6.07, 6.45) is 3.85. The van der Waals surface area contributed by atoms with Crippen LogP contribution in [0.15, 0.2) is 170 Å². The highest BCUT2D eigenvalue weighted by molar-refractivity contribution is 6.10. The first-order valence-electron chi connectivity index (χ1n) is 15.3. The standard InChI is InChI=1S/C42H31N3/c1-44(33-23-20-31(21-24-33)30-12-4-2-5-13-30)40-19-11-10-18-37(40)36-17-9-8-16-35(36)32-22-25-41-39(28-32)38-26-27-43-29-42(38)45(41)34-14-6-3-7-15-34/h2-29H,1H3. The zero-order valence-corrected chi connectivity index (χ0v) is 25.0. The van der Waals surface area contributed by atoms with Gasteiger partial charge in [0.05, 0.1) is 17.2 Å². The Hall–Kier alpha value is -5.93. The van der Waals surface area contributed by atoms with Crippen molar-refractivity contribution in [3.8, 4) is 39.1 Å². The maximum absolute atomic E-state index is 4.47. The lowest BCUT2D eigenvalue weighted by Gasteiger charge is -2.24. The number of aromatic nitrogens is 2. The first-order chi connectivity index (χ1) is 22.3. The van der Waals surface area contributed by atoms with Crippen molar-refractivity contribution in [1.29, 1.82) is 0 Å².